The molecule has 0 aromatic rings. The first-order valence-electron chi connectivity index (χ1n) is 5.62. The smallest absolute Gasteiger partial charge is 0.225 e. The lowest BCUT2D eigenvalue weighted by atomic mass is 10.0. The van der Waals surface area contributed by atoms with E-state index in [9.17, 15) is 4.79 Å². The zero-order valence-electron chi connectivity index (χ0n) is 10.4. The number of nitrogens with two attached hydrogens (primary N) is 1. The summed E-state index contributed by atoms with van der Waals surface area (Å²) in [7, 11) is 1.62. The number of rotatable bonds is 4. The topological polar surface area (TPSA) is 64.8 Å². The van der Waals surface area contributed by atoms with Crippen LogP contribution in [-0.4, -0.2) is 55.9 Å². The predicted molar refractivity (Wildman–Crippen MR) is 61.1 cm³/mol. The maximum atomic E-state index is 12.1. The van der Waals surface area contributed by atoms with E-state index in [4.69, 9.17) is 15.2 Å². The molecule has 5 nitrogen and oxygen atoms in total. The summed E-state index contributed by atoms with van der Waals surface area (Å²) in [5.74, 6) is 0.0885. The third-order valence-electron chi connectivity index (χ3n) is 2.95. The van der Waals surface area contributed by atoms with Crippen molar-refractivity contribution in [2.24, 2.45) is 5.73 Å². The molecule has 0 aromatic carbocycles. The maximum Gasteiger partial charge on any atom is 0.225 e. The second kappa shape index (κ2) is 5.61. The van der Waals surface area contributed by atoms with Gasteiger partial charge in [-0.05, 0) is 13.8 Å². The highest BCUT2D eigenvalue weighted by molar-refractivity contribution is 5.77. The lowest BCUT2D eigenvalue weighted by Gasteiger charge is -2.36. The predicted octanol–water partition coefficient (Wildman–Crippen LogP) is -0.0124. The summed E-state index contributed by atoms with van der Waals surface area (Å²) >= 11 is 0. The molecule has 1 aliphatic rings. The van der Waals surface area contributed by atoms with E-state index in [1.807, 2.05) is 18.7 Å². The molecule has 0 saturated carbocycles. The first-order chi connectivity index (χ1) is 7.50. The van der Waals surface area contributed by atoms with Gasteiger partial charge < -0.3 is 20.1 Å². The fourth-order valence-electron chi connectivity index (χ4n) is 1.72. The first-order valence-corrected chi connectivity index (χ1v) is 5.62. The molecule has 1 amide bonds. The number of hydrogen-bond acceptors (Lipinski definition) is 4. The Morgan fingerprint density at radius 2 is 2.31 bits per heavy atom. The fraction of sp³-hybridized carbons (Fsp3) is 0.909. The number of carbonyl (C=O) groups excluding carboxylic acids is 1. The first kappa shape index (κ1) is 13.4. The Bertz CT molecular complexity index is 243. The van der Waals surface area contributed by atoms with Crippen molar-refractivity contribution in [2.75, 3.05) is 33.4 Å². The minimum atomic E-state index is -0.422. The quantitative estimate of drug-likeness (QED) is 0.737. The van der Waals surface area contributed by atoms with Crippen LogP contribution in [0.25, 0.3) is 0 Å². The number of amides is 1. The van der Waals surface area contributed by atoms with Crippen LogP contribution in [0.1, 0.15) is 20.3 Å². The molecule has 1 aliphatic heterocycles. The van der Waals surface area contributed by atoms with Crippen molar-refractivity contribution in [1.29, 1.82) is 0 Å². The minimum Gasteiger partial charge on any atom is -0.378 e. The summed E-state index contributed by atoms with van der Waals surface area (Å²) < 4.78 is 10.6. The number of morpholine rings is 1. The van der Waals surface area contributed by atoms with Crippen LogP contribution < -0.4 is 5.73 Å². The Labute approximate surface area is 96.9 Å². The molecule has 0 bridgehead atoms. The van der Waals surface area contributed by atoms with Crippen LogP contribution in [0.5, 0.6) is 0 Å². The van der Waals surface area contributed by atoms with Gasteiger partial charge in [-0.15, -0.1) is 0 Å². The highest BCUT2D eigenvalue weighted by Gasteiger charge is 2.30. The minimum absolute atomic E-state index is 0.00825. The van der Waals surface area contributed by atoms with E-state index in [2.05, 4.69) is 0 Å². The lowest BCUT2D eigenvalue weighted by Crippen LogP contribution is -2.53. The molecule has 1 atom stereocenters. The molecule has 0 spiro atoms. The molecular weight excluding hydrogens is 208 g/mol. The molecule has 0 radical (unpaired) electrons. The van der Waals surface area contributed by atoms with Crippen LogP contribution in [-0.2, 0) is 14.3 Å². The van der Waals surface area contributed by atoms with E-state index in [0.717, 1.165) is 0 Å². The van der Waals surface area contributed by atoms with E-state index in [1.54, 1.807) is 7.11 Å². The van der Waals surface area contributed by atoms with Crippen LogP contribution in [0, 0.1) is 0 Å². The highest BCUT2D eigenvalue weighted by atomic mass is 16.5. The van der Waals surface area contributed by atoms with E-state index in [0.29, 0.717) is 32.7 Å². The van der Waals surface area contributed by atoms with E-state index in [1.165, 1.54) is 0 Å². The van der Waals surface area contributed by atoms with Crippen LogP contribution in [0.3, 0.4) is 0 Å². The molecule has 1 unspecified atom stereocenters. The molecule has 16 heavy (non-hydrogen) atoms. The molecule has 1 saturated heterocycles. The van der Waals surface area contributed by atoms with Crippen molar-refractivity contribution in [3.8, 4) is 0 Å². The Kier molecular flexibility index (Phi) is 4.70. The standard InChI is InChI=1S/C11H22N2O3/c1-11(2,15-3)6-10(14)13-4-5-16-8-9(13)7-12/h9H,4-8,12H2,1-3H3. The normalized spacial score (nSPS) is 22.2. The van der Waals surface area contributed by atoms with Gasteiger partial charge in [-0.2, -0.15) is 0 Å². The summed E-state index contributed by atoms with van der Waals surface area (Å²) in [4.78, 5) is 13.9. The summed E-state index contributed by atoms with van der Waals surface area (Å²) in [5.41, 5.74) is 5.20. The van der Waals surface area contributed by atoms with Crippen molar-refractivity contribution in [3.05, 3.63) is 0 Å². The fourth-order valence-corrected chi connectivity index (χ4v) is 1.72. The number of hydrogen-bond donors (Lipinski definition) is 1. The van der Waals surface area contributed by atoms with Crippen molar-refractivity contribution in [3.63, 3.8) is 0 Å². The van der Waals surface area contributed by atoms with Crippen LogP contribution in [0.15, 0.2) is 0 Å². The van der Waals surface area contributed by atoms with Gasteiger partial charge in [0.1, 0.15) is 0 Å². The van der Waals surface area contributed by atoms with Crippen LogP contribution in [0.2, 0.25) is 0 Å². The Morgan fingerprint density at radius 3 is 2.88 bits per heavy atom. The lowest BCUT2D eigenvalue weighted by molar-refractivity contribution is -0.144. The number of methoxy groups -OCH3 is 1. The van der Waals surface area contributed by atoms with Gasteiger partial charge in [0.15, 0.2) is 0 Å². The van der Waals surface area contributed by atoms with Gasteiger partial charge in [-0.1, -0.05) is 0 Å². The van der Waals surface area contributed by atoms with E-state index >= 15 is 0 Å². The molecule has 94 valence electrons. The molecule has 1 fully saturated rings. The van der Waals surface area contributed by atoms with Gasteiger partial charge in [0.05, 0.1) is 31.3 Å². The molecule has 1 heterocycles. The monoisotopic (exact) mass is 230 g/mol. The molecule has 0 aliphatic carbocycles. The summed E-state index contributed by atoms with van der Waals surface area (Å²) in [5, 5.41) is 0. The van der Waals surface area contributed by atoms with E-state index in [-0.39, 0.29) is 11.9 Å². The molecule has 2 N–H and O–H groups in total. The van der Waals surface area contributed by atoms with Crippen molar-refractivity contribution >= 4 is 5.91 Å². The number of nitrogens with zero attached hydrogens (tertiary/aromatic N) is 1. The van der Waals surface area contributed by atoms with Gasteiger partial charge in [-0.25, -0.2) is 0 Å². The zero-order chi connectivity index (χ0) is 12.2. The average Bonchev–Trinajstić information content (AvgIpc) is 2.28. The van der Waals surface area contributed by atoms with Gasteiger partial charge in [0, 0.05) is 20.2 Å². The van der Waals surface area contributed by atoms with Crippen LogP contribution >= 0.6 is 0 Å². The number of carbonyl (C=O) groups is 1. The van der Waals surface area contributed by atoms with E-state index < -0.39 is 5.60 Å². The van der Waals surface area contributed by atoms with Gasteiger partial charge in [-0.3, -0.25) is 4.79 Å². The van der Waals surface area contributed by atoms with Crippen molar-refractivity contribution in [2.45, 2.75) is 31.9 Å². The highest BCUT2D eigenvalue weighted by Crippen LogP contribution is 2.17. The third kappa shape index (κ3) is 3.43. The SMILES string of the molecule is COC(C)(C)CC(=O)N1CCOCC1CN. The van der Waals surface area contributed by atoms with Crippen molar-refractivity contribution < 1.29 is 14.3 Å². The summed E-state index contributed by atoms with van der Waals surface area (Å²) in [6.07, 6.45) is 0.375. The third-order valence-corrected chi connectivity index (χ3v) is 2.95. The molecule has 1 rings (SSSR count). The second-order valence-corrected chi connectivity index (χ2v) is 4.69. The molecule has 0 aromatic heterocycles. The van der Waals surface area contributed by atoms with Crippen molar-refractivity contribution in [1.82, 2.24) is 4.90 Å². The summed E-state index contributed by atoms with van der Waals surface area (Å²) in [6, 6.07) is 0.00825. The van der Waals surface area contributed by atoms with Gasteiger partial charge in [0.2, 0.25) is 5.91 Å². The molecular formula is C11H22N2O3. The van der Waals surface area contributed by atoms with Crippen LogP contribution in [0.4, 0.5) is 0 Å². The maximum absolute atomic E-state index is 12.1. The Morgan fingerprint density at radius 1 is 1.62 bits per heavy atom. The number of ether oxygens (including phenoxy) is 2. The van der Waals surface area contributed by atoms with Gasteiger partial charge in [0.25, 0.3) is 0 Å². The Balaban J connectivity index is 2.57. The second-order valence-electron chi connectivity index (χ2n) is 4.69. The summed E-state index contributed by atoms with van der Waals surface area (Å²) in [6.45, 7) is 6.01. The largest absolute Gasteiger partial charge is 0.378 e. The molecule has 5 heteroatoms. The average molecular weight is 230 g/mol. The van der Waals surface area contributed by atoms with Gasteiger partial charge >= 0.3 is 0 Å². The Hall–Kier alpha value is -0.650. The zero-order valence-corrected chi connectivity index (χ0v) is 10.4.